The van der Waals surface area contributed by atoms with Gasteiger partial charge < -0.3 is 9.67 Å². The van der Waals surface area contributed by atoms with Crippen LogP contribution in [0.4, 0.5) is 0 Å². The molecule has 2 aliphatic carbocycles. The third-order valence-electron chi connectivity index (χ3n) is 4.44. The number of hydrogen-bond donors (Lipinski definition) is 1. The largest absolute Gasteiger partial charge is 0.478 e. The SMILES string of the molecule is O=C(O)c1cnc2c(c1)nc(C1CC1)n2C1CCCC1. The number of pyridine rings is 1. The summed E-state index contributed by atoms with van der Waals surface area (Å²) in [4.78, 5) is 20.2. The van der Waals surface area contributed by atoms with Crippen LogP contribution in [0, 0.1) is 0 Å². The molecule has 2 saturated carbocycles. The molecule has 2 fully saturated rings. The fourth-order valence-electron chi connectivity index (χ4n) is 3.27. The van der Waals surface area contributed by atoms with Crippen molar-refractivity contribution in [3.05, 3.63) is 23.7 Å². The number of carboxylic acid groups (broad SMARTS) is 1. The van der Waals surface area contributed by atoms with Crippen molar-refractivity contribution >= 4 is 17.1 Å². The standard InChI is InChI=1S/C15H17N3O2/c19-15(20)10-7-12-14(16-8-10)18(11-3-1-2-4-11)13(17-12)9-5-6-9/h7-9,11H,1-6H2,(H,19,20). The van der Waals surface area contributed by atoms with Crippen molar-refractivity contribution in [1.29, 1.82) is 0 Å². The minimum atomic E-state index is -0.942. The quantitative estimate of drug-likeness (QED) is 0.931. The second-order valence-corrected chi connectivity index (χ2v) is 5.92. The molecule has 20 heavy (non-hydrogen) atoms. The number of nitrogens with zero attached hydrogens (tertiary/aromatic N) is 3. The van der Waals surface area contributed by atoms with Crippen LogP contribution in [0.1, 0.15) is 66.7 Å². The molecule has 0 radical (unpaired) electrons. The van der Waals surface area contributed by atoms with Gasteiger partial charge in [0.1, 0.15) is 11.3 Å². The van der Waals surface area contributed by atoms with Crippen LogP contribution in [0.15, 0.2) is 12.3 Å². The Labute approximate surface area is 116 Å². The first kappa shape index (κ1) is 11.9. The van der Waals surface area contributed by atoms with Gasteiger partial charge in [-0.2, -0.15) is 0 Å². The van der Waals surface area contributed by atoms with Gasteiger partial charge in [0.25, 0.3) is 0 Å². The topological polar surface area (TPSA) is 68.0 Å². The van der Waals surface area contributed by atoms with Gasteiger partial charge in [-0.15, -0.1) is 0 Å². The minimum Gasteiger partial charge on any atom is -0.478 e. The highest BCUT2D eigenvalue weighted by molar-refractivity contribution is 5.90. The lowest BCUT2D eigenvalue weighted by Crippen LogP contribution is -2.09. The molecule has 2 aliphatic rings. The molecule has 0 unspecified atom stereocenters. The number of rotatable bonds is 3. The van der Waals surface area contributed by atoms with Crippen molar-refractivity contribution in [1.82, 2.24) is 14.5 Å². The van der Waals surface area contributed by atoms with Gasteiger partial charge in [-0.05, 0) is 31.7 Å². The molecule has 2 aromatic rings. The third-order valence-corrected chi connectivity index (χ3v) is 4.44. The van der Waals surface area contributed by atoms with E-state index >= 15 is 0 Å². The van der Waals surface area contributed by atoms with Gasteiger partial charge in [-0.3, -0.25) is 0 Å². The molecular weight excluding hydrogens is 254 g/mol. The molecule has 5 heteroatoms. The maximum atomic E-state index is 11.1. The summed E-state index contributed by atoms with van der Waals surface area (Å²) in [6, 6.07) is 2.15. The smallest absolute Gasteiger partial charge is 0.337 e. The van der Waals surface area contributed by atoms with Crippen LogP contribution < -0.4 is 0 Å². The molecule has 0 aliphatic heterocycles. The Bertz CT molecular complexity index is 682. The Kier molecular flexibility index (Phi) is 2.55. The zero-order chi connectivity index (χ0) is 13.7. The molecule has 2 aromatic heterocycles. The predicted molar refractivity (Wildman–Crippen MR) is 74.0 cm³/mol. The van der Waals surface area contributed by atoms with Crippen LogP contribution in [0.2, 0.25) is 0 Å². The van der Waals surface area contributed by atoms with Crippen molar-refractivity contribution in [3.8, 4) is 0 Å². The van der Waals surface area contributed by atoms with Gasteiger partial charge in [0.05, 0.1) is 5.56 Å². The van der Waals surface area contributed by atoms with Crippen molar-refractivity contribution in [2.24, 2.45) is 0 Å². The monoisotopic (exact) mass is 271 g/mol. The number of fused-ring (bicyclic) bond motifs is 1. The lowest BCUT2D eigenvalue weighted by Gasteiger charge is -2.15. The predicted octanol–water partition coefficient (Wildman–Crippen LogP) is 3.12. The maximum Gasteiger partial charge on any atom is 0.337 e. The second-order valence-electron chi connectivity index (χ2n) is 5.92. The van der Waals surface area contributed by atoms with E-state index in [-0.39, 0.29) is 5.56 Å². The van der Waals surface area contributed by atoms with E-state index in [1.54, 1.807) is 6.07 Å². The van der Waals surface area contributed by atoms with E-state index in [1.807, 2.05) is 0 Å². The highest BCUT2D eigenvalue weighted by atomic mass is 16.4. The molecule has 1 N–H and O–H groups in total. The van der Waals surface area contributed by atoms with Crippen molar-refractivity contribution in [2.45, 2.75) is 50.5 Å². The van der Waals surface area contributed by atoms with Gasteiger partial charge in [-0.1, -0.05) is 12.8 Å². The first-order chi connectivity index (χ1) is 9.74. The minimum absolute atomic E-state index is 0.218. The van der Waals surface area contributed by atoms with Crippen LogP contribution in [-0.4, -0.2) is 25.6 Å². The molecule has 0 aromatic carbocycles. The Balaban J connectivity index is 1.89. The zero-order valence-electron chi connectivity index (χ0n) is 11.2. The average Bonchev–Trinajstić information content (AvgIpc) is 3.01. The van der Waals surface area contributed by atoms with Crippen LogP contribution in [-0.2, 0) is 0 Å². The van der Waals surface area contributed by atoms with Crippen molar-refractivity contribution in [3.63, 3.8) is 0 Å². The van der Waals surface area contributed by atoms with Crippen LogP contribution in [0.25, 0.3) is 11.2 Å². The molecule has 0 bridgehead atoms. The summed E-state index contributed by atoms with van der Waals surface area (Å²) in [5.41, 5.74) is 1.82. The summed E-state index contributed by atoms with van der Waals surface area (Å²) in [7, 11) is 0. The summed E-state index contributed by atoms with van der Waals surface area (Å²) in [6.45, 7) is 0. The molecule has 0 amide bonds. The normalized spacial score (nSPS) is 19.8. The summed E-state index contributed by atoms with van der Waals surface area (Å²) >= 11 is 0. The number of carboxylic acids is 1. The first-order valence-electron chi connectivity index (χ1n) is 7.35. The first-order valence-corrected chi connectivity index (χ1v) is 7.35. The van der Waals surface area contributed by atoms with Crippen LogP contribution in [0.3, 0.4) is 0 Å². The van der Waals surface area contributed by atoms with E-state index < -0.39 is 5.97 Å². The summed E-state index contributed by atoms with van der Waals surface area (Å²) in [5, 5.41) is 9.08. The van der Waals surface area contributed by atoms with E-state index in [9.17, 15) is 4.79 Å². The molecule has 0 saturated heterocycles. The lowest BCUT2D eigenvalue weighted by atomic mass is 10.2. The number of aromatic carboxylic acids is 1. The van der Waals surface area contributed by atoms with Crippen molar-refractivity contribution < 1.29 is 9.90 Å². The van der Waals surface area contributed by atoms with Gasteiger partial charge in [0, 0.05) is 18.2 Å². The Morgan fingerprint density at radius 1 is 1.25 bits per heavy atom. The average molecular weight is 271 g/mol. The van der Waals surface area contributed by atoms with Gasteiger partial charge in [0.15, 0.2) is 5.65 Å². The molecule has 104 valence electrons. The number of hydrogen-bond acceptors (Lipinski definition) is 3. The van der Waals surface area contributed by atoms with Crippen LogP contribution in [0.5, 0.6) is 0 Å². The molecule has 2 heterocycles. The summed E-state index contributed by atoms with van der Waals surface area (Å²) in [6.07, 6.45) is 8.75. The molecule has 5 nitrogen and oxygen atoms in total. The van der Waals surface area contributed by atoms with Crippen molar-refractivity contribution in [2.75, 3.05) is 0 Å². The van der Waals surface area contributed by atoms with E-state index in [2.05, 4.69) is 9.55 Å². The third kappa shape index (κ3) is 1.80. The second kappa shape index (κ2) is 4.30. The summed E-state index contributed by atoms with van der Waals surface area (Å²) < 4.78 is 2.30. The molecule has 0 atom stereocenters. The summed E-state index contributed by atoms with van der Waals surface area (Å²) in [5.74, 6) is 0.739. The highest BCUT2D eigenvalue weighted by Gasteiger charge is 2.33. The fourth-order valence-corrected chi connectivity index (χ4v) is 3.27. The molecule has 4 rings (SSSR count). The lowest BCUT2D eigenvalue weighted by molar-refractivity contribution is 0.0696. The molecular formula is C15H17N3O2. The fraction of sp³-hybridized carbons (Fsp3) is 0.533. The van der Waals surface area contributed by atoms with E-state index in [0.29, 0.717) is 12.0 Å². The Morgan fingerprint density at radius 2 is 2.00 bits per heavy atom. The maximum absolute atomic E-state index is 11.1. The zero-order valence-corrected chi connectivity index (χ0v) is 11.2. The van der Waals surface area contributed by atoms with E-state index in [1.165, 1.54) is 44.7 Å². The number of imidazole rings is 1. The van der Waals surface area contributed by atoms with Gasteiger partial charge in [0.2, 0.25) is 0 Å². The van der Waals surface area contributed by atoms with Crippen LogP contribution >= 0.6 is 0 Å². The van der Waals surface area contributed by atoms with E-state index in [0.717, 1.165) is 17.0 Å². The number of carbonyl (C=O) groups is 1. The van der Waals surface area contributed by atoms with Gasteiger partial charge >= 0.3 is 5.97 Å². The Morgan fingerprint density at radius 3 is 2.65 bits per heavy atom. The Hall–Kier alpha value is -1.91. The number of aromatic nitrogens is 3. The highest BCUT2D eigenvalue weighted by Crippen LogP contribution is 2.43. The van der Waals surface area contributed by atoms with E-state index in [4.69, 9.17) is 10.1 Å². The molecule has 0 spiro atoms. The van der Waals surface area contributed by atoms with Gasteiger partial charge in [-0.25, -0.2) is 14.8 Å².